The molecule has 4 nitrogen and oxygen atoms in total. The first-order chi connectivity index (χ1) is 10.5. The van der Waals surface area contributed by atoms with Gasteiger partial charge in [-0.3, -0.25) is 14.4 Å². The van der Waals surface area contributed by atoms with Gasteiger partial charge in [-0.25, -0.2) is 0 Å². The van der Waals surface area contributed by atoms with E-state index >= 15 is 0 Å². The monoisotopic (exact) mass is 301 g/mol. The molecule has 0 spiro atoms. The minimum atomic E-state index is -0.547. The number of nitrogens with one attached hydrogen (secondary N) is 1. The van der Waals surface area contributed by atoms with Gasteiger partial charge in [0.1, 0.15) is 5.78 Å². The van der Waals surface area contributed by atoms with Gasteiger partial charge >= 0.3 is 0 Å². The third kappa shape index (κ3) is 3.81. The first kappa shape index (κ1) is 16.4. The Bertz CT molecular complexity index is 579. The molecule has 0 aliphatic heterocycles. The van der Waals surface area contributed by atoms with Crippen LogP contribution in [0, 0.1) is 5.92 Å². The van der Waals surface area contributed by atoms with Crippen molar-refractivity contribution >= 4 is 17.5 Å². The maximum Gasteiger partial charge on any atom is 0.251 e. The zero-order chi connectivity index (χ0) is 16.1. The molecule has 0 saturated heterocycles. The molecule has 1 aromatic carbocycles. The Labute approximate surface area is 131 Å². The van der Waals surface area contributed by atoms with Gasteiger partial charge in [0.05, 0.1) is 6.04 Å². The molecule has 1 aromatic rings. The summed E-state index contributed by atoms with van der Waals surface area (Å²) in [6.45, 7) is 3.94. The normalized spacial score (nSPS) is 22.3. The second-order valence-electron chi connectivity index (χ2n) is 5.87. The van der Waals surface area contributed by atoms with Gasteiger partial charge in [-0.15, -0.1) is 0 Å². The minimum absolute atomic E-state index is 0.00616. The van der Waals surface area contributed by atoms with Crippen LogP contribution in [0.1, 0.15) is 55.5 Å². The number of Topliss-reactive ketones (excluding diaryl/α,β-unsaturated/α-hetero) is 2. The van der Waals surface area contributed by atoms with E-state index in [4.69, 9.17) is 0 Å². The largest absolute Gasteiger partial charge is 0.342 e. The lowest BCUT2D eigenvalue weighted by Crippen LogP contribution is -2.42. The van der Waals surface area contributed by atoms with E-state index in [0.717, 1.165) is 12.0 Å². The number of benzene rings is 1. The Morgan fingerprint density at radius 2 is 2.05 bits per heavy atom. The highest BCUT2D eigenvalue weighted by atomic mass is 16.2. The van der Waals surface area contributed by atoms with Gasteiger partial charge < -0.3 is 5.32 Å². The molecule has 2 atom stereocenters. The smallest absolute Gasteiger partial charge is 0.251 e. The summed E-state index contributed by atoms with van der Waals surface area (Å²) in [5, 5.41) is 2.82. The van der Waals surface area contributed by atoms with Crippen molar-refractivity contribution in [2.24, 2.45) is 5.92 Å². The molecule has 4 heteroatoms. The van der Waals surface area contributed by atoms with Crippen LogP contribution in [-0.4, -0.2) is 23.5 Å². The molecule has 1 saturated carbocycles. The van der Waals surface area contributed by atoms with E-state index < -0.39 is 6.04 Å². The number of ketones is 2. The van der Waals surface area contributed by atoms with Crippen molar-refractivity contribution < 1.29 is 14.4 Å². The van der Waals surface area contributed by atoms with Crippen molar-refractivity contribution in [3.63, 3.8) is 0 Å². The SMILES string of the molecule is CCc1cccc(C(=O)NC2CCC(=O)CC(CC)C2=O)c1. The molecular formula is C18H23NO3. The van der Waals surface area contributed by atoms with Crippen molar-refractivity contribution in [1.82, 2.24) is 5.32 Å². The topological polar surface area (TPSA) is 63.2 Å². The highest BCUT2D eigenvalue weighted by molar-refractivity contribution is 6.00. The number of aryl methyl sites for hydroxylation is 1. The fraction of sp³-hybridized carbons (Fsp3) is 0.500. The molecular weight excluding hydrogens is 278 g/mol. The van der Waals surface area contributed by atoms with E-state index in [-0.39, 0.29) is 23.4 Å². The average Bonchev–Trinajstić information content (AvgIpc) is 2.67. The van der Waals surface area contributed by atoms with Crippen LogP contribution in [0.15, 0.2) is 24.3 Å². The minimum Gasteiger partial charge on any atom is -0.342 e. The molecule has 2 unspecified atom stereocenters. The Hall–Kier alpha value is -1.97. The van der Waals surface area contributed by atoms with Crippen LogP contribution in [0.3, 0.4) is 0 Å². The highest BCUT2D eigenvalue weighted by Crippen LogP contribution is 2.21. The molecule has 22 heavy (non-hydrogen) atoms. The van der Waals surface area contributed by atoms with Crippen LogP contribution in [0.4, 0.5) is 0 Å². The van der Waals surface area contributed by atoms with Crippen molar-refractivity contribution in [3.8, 4) is 0 Å². The molecule has 1 amide bonds. The lowest BCUT2D eigenvalue weighted by Gasteiger charge is -2.19. The predicted molar refractivity (Wildman–Crippen MR) is 84.7 cm³/mol. The zero-order valence-electron chi connectivity index (χ0n) is 13.2. The summed E-state index contributed by atoms with van der Waals surface area (Å²) in [5.41, 5.74) is 1.65. The maximum absolute atomic E-state index is 12.4. The van der Waals surface area contributed by atoms with Crippen LogP contribution in [0.5, 0.6) is 0 Å². The van der Waals surface area contributed by atoms with Crippen molar-refractivity contribution in [1.29, 1.82) is 0 Å². The average molecular weight is 301 g/mol. The molecule has 1 aliphatic rings. The molecule has 0 aromatic heterocycles. The third-order valence-electron chi connectivity index (χ3n) is 4.33. The summed E-state index contributed by atoms with van der Waals surface area (Å²) in [5.74, 6) is -0.390. The molecule has 1 N–H and O–H groups in total. The molecule has 0 radical (unpaired) electrons. The van der Waals surface area contributed by atoms with Gasteiger partial charge in [-0.05, 0) is 37.0 Å². The molecule has 1 fully saturated rings. The van der Waals surface area contributed by atoms with Crippen LogP contribution < -0.4 is 5.32 Å². The van der Waals surface area contributed by atoms with Crippen LogP contribution in [-0.2, 0) is 16.0 Å². The Balaban J connectivity index is 2.12. The van der Waals surface area contributed by atoms with Gasteiger partial charge in [-0.1, -0.05) is 26.0 Å². The summed E-state index contributed by atoms with van der Waals surface area (Å²) in [6, 6.07) is 6.87. The first-order valence-electron chi connectivity index (χ1n) is 8.00. The van der Waals surface area contributed by atoms with Crippen molar-refractivity contribution in [2.45, 2.75) is 52.0 Å². The van der Waals surface area contributed by atoms with E-state index in [0.29, 0.717) is 31.2 Å². The lowest BCUT2D eigenvalue weighted by atomic mass is 9.93. The van der Waals surface area contributed by atoms with E-state index in [2.05, 4.69) is 5.32 Å². The molecule has 0 bridgehead atoms. The number of rotatable bonds is 4. The van der Waals surface area contributed by atoms with E-state index in [1.807, 2.05) is 32.0 Å². The maximum atomic E-state index is 12.4. The third-order valence-corrected chi connectivity index (χ3v) is 4.33. The Morgan fingerprint density at radius 1 is 1.27 bits per heavy atom. The Morgan fingerprint density at radius 3 is 2.73 bits per heavy atom. The first-order valence-corrected chi connectivity index (χ1v) is 8.00. The highest BCUT2D eigenvalue weighted by Gasteiger charge is 2.32. The van der Waals surface area contributed by atoms with Crippen molar-refractivity contribution in [3.05, 3.63) is 35.4 Å². The lowest BCUT2D eigenvalue weighted by molar-refractivity contribution is -0.127. The summed E-state index contributed by atoms with van der Waals surface area (Å²) < 4.78 is 0. The van der Waals surface area contributed by atoms with Gasteiger partial charge in [0, 0.05) is 24.3 Å². The predicted octanol–water partition coefficient (Wildman–Crippen LogP) is 2.70. The van der Waals surface area contributed by atoms with Crippen LogP contribution in [0.2, 0.25) is 0 Å². The van der Waals surface area contributed by atoms with E-state index in [9.17, 15) is 14.4 Å². The standard InChI is InChI=1S/C18H23NO3/c1-3-12-6-5-7-14(10-12)18(22)19-16-9-8-15(20)11-13(4-2)17(16)21/h5-7,10,13,16H,3-4,8-9,11H2,1-2H3,(H,19,22). The summed E-state index contributed by atoms with van der Waals surface area (Å²) >= 11 is 0. The van der Waals surface area contributed by atoms with Gasteiger partial charge in [-0.2, -0.15) is 0 Å². The summed E-state index contributed by atoms with van der Waals surface area (Å²) in [6.07, 6.45) is 2.58. The van der Waals surface area contributed by atoms with Crippen molar-refractivity contribution in [2.75, 3.05) is 0 Å². The molecule has 118 valence electrons. The second-order valence-corrected chi connectivity index (χ2v) is 5.87. The van der Waals surface area contributed by atoms with Gasteiger partial charge in [0.2, 0.25) is 0 Å². The van der Waals surface area contributed by atoms with Gasteiger partial charge in [0.15, 0.2) is 5.78 Å². The number of hydrogen-bond donors (Lipinski definition) is 1. The van der Waals surface area contributed by atoms with Crippen LogP contribution >= 0.6 is 0 Å². The number of carbonyl (C=O) groups is 3. The Kier molecular flexibility index (Phi) is 5.47. The summed E-state index contributed by atoms with van der Waals surface area (Å²) in [4.78, 5) is 36.5. The van der Waals surface area contributed by atoms with E-state index in [1.54, 1.807) is 6.07 Å². The fourth-order valence-corrected chi connectivity index (χ4v) is 2.87. The summed E-state index contributed by atoms with van der Waals surface area (Å²) in [7, 11) is 0. The number of hydrogen-bond acceptors (Lipinski definition) is 3. The quantitative estimate of drug-likeness (QED) is 0.870. The van der Waals surface area contributed by atoms with Crippen LogP contribution in [0.25, 0.3) is 0 Å². The second kappa shape index (κ2) is 7.34. The zero-order valence-corrected chi connectivity index (χ0v) is 13.2. The van der Waals surface area contributed by atoms with Gasteiger partial charge in [0.25, 0.3) is 5.91 Å². The number of amides is 1. The molecule has 2 rings (SSSR count). The number of carbonyl (C=O) groups excluding carboxylic acids is 3. The molecule has 1 aliphatic carbocycles. The molecule has 0 heterocycles. The fourth-order valence-electron chi connectivity index (χ4n) is 2.87. The van der Waals surface area contributed by atoms with E-state index in [1.165, 1.54) is 0 Å².